The molecule has 160 valence electrons. The van der Waals surface area contributed by atoms with Crippen LogP contribution < -0.4 is 5.32 Å². The molecule has 3 aromatic heterocycles. The van der Waals surface area contributed by atoms with Crippen molar-refractivity contribution in [1.82, 2.24) is 24.3 Å². The van der Waals surface area contributed by atoms with E-state index in [-0.39, 0.29) is 0 Å². The zero-order valence-electron chi connectivity index (χ0n) is 18.8. The SMILES string of the molecule is CCc1ccc(-c2nc3cc(CN(CC)CC)ccn3c2-c2ccnc(NC)n2)cc1. The number of pyridine rings is 1. The Labute approximate surface area is 184 Å². The van der Waals surface area contributed by atoms with Gasteiger partial charge >= 0.3 is 0 Å². The minimum Gasteiger partial charge on any atom is -0.357 e. The Morgan fingerprint density at radius 2 is 1.71 bits per heavy atom. The van der Waals surface area contributed by atoms with Crippen molar-refractivity contribution in [2.75, 3.05) is 25.5 Å². The Kier molecular flexibility index (Phi) is 6.28. The average Bonchev–Trinajstić information content (AvgIpc) is 3.21. The number of rotatable bonds is 8. The van der Waals surface area contributed by atoms with Gasteiger partial charge < -0.3 is 5.32 Å². The Morgan fingerprint density at radius 1 is 0.935 bits per heavy atom. The van der Waals surface area contributed by atoms with Gasteiger partial charge in [0.05, 0.1) is 17.1 Å². The lowest BCUT2D eigenvalue weighted by Gasteiger charge is -2.17. The number of imidazole rings is 1. The fourth-order valence-corrected chi connectivity index (χ4v) is 3.85. The van der Waals surface area contributed by atoms with Crippen LogP contribution in [-0.2, 0) is 13.0 Å². The zero-order valence-corrected chi connectivity index (χ0v) is 18.8. The van der Waals surface area contributed by atoms with Crippen LogP contribution >= 0.6 is 0 Å². The molecule has 31 heavy (non-hydrogen) atoms. The van der Waals surface area contributed by atoms with Crippen LogP contribution in [0.2, 0.25) is 0 Å². The lowest BCUT2D eigenvalue weighted by Crippen LogP contribution is -2.22. The van der Waals surface area contributed by atoms with Gasteiger partial charge in [-0.05, 0) is 48.8 Å². The van der Waals surface area contributed by atoms with Gasteiger partial charge in [-0.3, -0.25) is 9.30 Å². The first-order chi connectivity index (χ1) is 15.2. The van der Waals surface area contributed by atoms with E-state index >= 15 is 0 Å². The van der Waals surface area contributed by atoms with E-state index in [1.807, 2.05) is 13.1 Å². The van der Waals surface area contributed by atoms with Crippen LogP contribution in [-0.4, -0.2) is 44.4 Å². The quantitative estimate of drug-likeness (QED) is 0.444. The third kappa shape index (κ3) is 4.30. The summed E-state index contributed by atoms with van der Waals surface area (Å²) in [5.74, 6) is 0.595. The van der Waals surface area contributed by atoms with Gasteiger partial charge in [0.2, 0.25) is 5.95 Å². The molecule has 0 spiro atoms. The number of nitrogens with one attached hydrogen (secondary N) is 1. The molecule has 4 rings (SSSR count). The Bertz CT molecular complexity index is 1160. The summed E-state index contributed by atoms with van der Waals surface area (Å²) in [5.41, 5.74) is 7.35. The van der Waals surface area contributed by atoms with Gasteiger partial charge in [-0.25, -0.2) is 15.0 Å². The monoisotopic (exact) mass is 414 g/mol. The topological polar surface area (TPSA) is 58.4 Å². The normalized spacial score (nSPS) is 11.4. The van der Waals surface area contributed by atoms with E-state index in [4.69, 9.17) is 9.97 Å². The van der Waals surface area contributed by atoms with E-state index in [2.05, 4.69) is 83.0 Å². The molecule has 0 unspecified atom stereocenters. The lowest BCUT2D eigenvalue weighted by molar-refractivity contribution is 0.296. The van der Waals surface area contributed by atoms with Crippen molar-refractivity contribution in [3.05, 3.63) is 66.0 Å². The molecule has 4 aromatic rings. The molecular formula is C25H30N6. The number of fused-ring (bicyclic) bond motifs is 1. The average molecular weight is 415 g/mol. The molecular weight excluding hydrogens is 384 g/mol. The van der Waals surface area contributed by atoms with Gasteiger partial charge in [0.15, 0.2) is 0 Å². The molecule has 3 heterocycles. The minimum atomic E-state index is 0.595. The first kappa shape index (κ1) is 21.0. The Morgan fingerprint density at radius 3 is 2.39 bits per heavy atom. The highest BCUT2D eigenvalue weighted by Gasteiger charge is 2.18. The van der Waals surface area contributed by atoms with Crippen LogP contribution in [0.25, 0.3) is 28.3 Å². The van der Waals surface area contributed by atoms with Gasteiger partial charge in [-0.15, -0.1) is 0 Å². The van der Waals surface area contributed by atoms with Gasteiger partial charge in [-0.2, -0.15) is 0 Å². The number of aromatic nitrogens is 4. The Balaban J connectivity index is 1.88. The van der Waals surface area contributed by atoms with Crippen molar-refractivity contribution < 1.29 is 0 Å². The van der Waals surface area contributed by atoms with E-state index < -0.39 is 0 Å². The van der Waals surface area contributed by atoms with Crippen LogP contribution in [0.1, 0.15) is 31.9 Å². The Hall–Kier alpha value is -3.25. The number of aryl methyl sites for hydroxylation is 1. The number of hydrogen-bond donors (Lipinski definition) is 1. The molecule has 0 radical (unpaired) electrons. The highest BCUT2D eigenvalue weighted by Crippen LogP contribution is 2.32. The maximum Gasteiger partial charge on any atom is 0.222 e. The summed E-state index contributed by atoms with van der Waals surface area (Å²) in [6.07, 6.45) is 4.91. The molecule has 0 bridgehead atoms. The van der Waals surface area contributed by atoms with Crippen LogP contribution in [0, 0.1) is 0 Å². The standard InChI is InChI=1S/C25H30N6/c1-5-18-8-10-20(11-9-18)23-24(21-12-14-27-25(26-4)28-21)31-15-13-19(16-22(31)29-23)17-30(6-2)7-3/h8-16H,5-7,17H2,1-4H3,(H,26,27,28). The smallest absolute Gasteiger partial charge is 0.222 e. The van der Waals surface area contributed by atoms with Crippen molar-refractivity contribution in [2.24, 2.45) is 0 Å². The largest absolute Gasteiger partial charge is 0.357 e. The summed E-state index contributed by atoms with van der Waals surface area (Å²) in [5, 5.41) is 3.04. The van der Waals surface area contributed by atoms with Crippen LogP contribution in [0.15, 0.2) is 54.9 Å². The summed E-state index contributed by atoms with van der Waals surface area (Å²) in [7, 11) is 1.83. The lowest BCUT2D eigenvalue weighted by atomic mass is 10.1. The molecule has 0 amide bonds. The van der Waals surface area contributed by atoms with E-state index in [0.29, 0.717) is 5.95 Å². The van der Waals surface area contributed by atoms with Gasteiger partial charge in [0, 0.05) is 31.5 Å². The maximum absolute atomic E-state index is 5.05. The molecule has 0 aliphatic carbocycles. The fraction of sp³-hybridized carbons (Fsp3) is 0.320. The summed E-state index contributed by atoms with van der Waals surface area (Å²) >= 11 is 0. The van der Waals surface area contributed by atoms with E-state index in [1.54, 1.807) is 6.20 Å². The third-order valence-electron chi connectivity index (χ3n) is 5.75. The summed E-state index contributed by atoms with van der Waals surface area (Å²) in [6.45, 7) is 9.55. The minimum absolute atomic E-state index is 0.595. The van der Waals surface area contributed by atoms with Crippen molar-refractivity contribution in [2.45, 2.75) is 33.7 Å². The van der Waals surface area contributed by atoms with Gasteiger partial charge in [0.25, 0.3) is 0 Å². The molecule has 1 N–H and O–H groups in total. The molecule has 6 heteroatoms. The molecule has 0 aliphatic rings. The van der Waals surface area contributed by atoms with E-state index in [1.165, 1.54) is 11.1 Å². The van der Waals surface area contributed by atoms with Crippen molar-refractivity contribution >= 4 is 11.6 Å². The highest BCUT2D eigenvalue weighted by atomic mass is 15.1. The number of nitrogens with zero attached hydrogens (tertiary/aromatic N) is 5. The summed E-state index contributed by atoms with van der Waals surface area (Å²) in [4.78, 5) is 16.5. The second-order valence-corrected chi connectivity index (χ2v) is 7.60. The second kappa shape index (κ2) is 9.27. The molecule has 0 saturated carbocycles. The molecule has 0 atom stereocenters. The zero-order chi connectivity index (χ0) is 21.8. The molecule has 0 fully saturated rings. The van der Waals surface area contributed by atoms with Gasteiger partial charge in [0.1, 0.15) is 5.65 Å². The predicted molar refractivity (Wildman–Crippen MR) is 127 cm³/mol. The molecule has 0 saturated heterocycles. The van der Waals surface area contributed by atoms with Crippen molar-refractivity contribution in [3.63, 3.8) is 0 Å². The second-order valence-electron chi connectivity index (χ2n) is 7.60. The number of hydrogen-bond acceptors (Lipinski definition) is 5. The highest BCUT2D eigenvalue weighted by molar-refractivity contribution is 5.81. The maximum atomic E-state index is 5.05. The van der Waals surface area contributed by atoms with Crippen LogP contribution in [0.5, 0.6) is 0 Å². The predicted octanol–water partition coefficient (Wildman–Crippen LogP) is 4.90. The first-order valence-corrected chi connectivity index (χ1v) is 11.0. The summed E-state index contributed by atoms with van der Waals surface area (Å²) < 4.78 is 2.14. The number of anilines is 1. The fourth-order valence-electron chi connectivity index (χ4n) is 3.85. The first-order valence-electron chi connectivity index (χ1n) is 11.0. The third-order valence-corrected chi connectivity index (χ3v) is 5.75. The van der Waals surface area contributed by atoms with Crippen molar-refractivity contribution in [3.8, 4) is 22.6 Å². The molecule has 1 aromatic carbocycles. The van der Waals surface area contributed by atoms with Crippen LogP contribution in [0.4, 0.5) is 5.95 Å². The van der Waals surface area contributed by atoms with Crippen molar-refractivity contribution in [1.29, 1.82) is 0 Å². The van der Waals surface area contributed by atoms with E-state index in [9.17, 15) is 0 Å². The van der Waals surface area contributed by atoms with Gasteiger partial charge in [-0.1, -0.05) is 45.0 Å². The number of benzene rings is 1. The van der Waals surface area contributed by atoms with E-state index in [0.717, 1.165) is 54.3 Å². The molecule has 6 nitrogen and oxygen atoms in total. The summed E-state index contributed by atoms with van der Waals surface area (Å²) in [6, 6.07) is 15.0. The van der Waals surface area contributed by atoms with Crippen LogP contribution in [0.3, 0.4) is 0 Å². The molecule has 0 aliphatic heterocycles.